The molecule has 0 aliphatic carbocycles. The van der Waals surface area contributed by atoms with E-state index in [0.717, 1.165) is 0 Å². The minimum absolute atomic E-state index is 0.175. The molecule has 2 nitrogen and oxygen atoms in total. The molecule has 11 rings (SSSR count). The average molecular weight is 825 g/mol. The molecule has 0 aliphatic heterocycles. The molecule has 11 aromatic rings. The average Bonchev–Trinajstić information content (AvgIpc) is 3.84. The van der Waals surface area contributed by atoms with E-state index in [1.807, 2.05) is 0 Å². The zero-order valence-electron chi connectivity index (χ0n) is 37.5. The Hall–Kier alpha value is -7.42. The maximum absolute atomic E-state index is 2.40. The van der Waals surface area contributed by atoms with E-state index >= 15 is 0 Å². The molecule has 0 unspecified atom stereocenters. The molecule has 0 N–H and O–H groups in total. The van der Waals surface area contributed by atoms with E-state index in [1.165, 1.54) is 111 Å². The van der Waals surface area contributed by atoms with Crippen molar-refractivity contribution < 1.29 is 0 Å². The summed E-state index contributed by atoms with van der Waals surface area (Å²) in [6.45, 7) is 13.9. The van der Waals surface area contributed by atoms with Crippen molar-refractivity contribution >= 4 is 43.6 Å². The zero-order valence-corrected chi connectivity index (χ0v) is 37.5. The Kier molecular flexibility index (Phi) is 9.33. The molecule has 0 amide bonds. The van der Waals surface area contributed by atoms with Crippen LogP contribution in [0.1, 0.15) is 61.1 Å². The lowest BCUT2D eigenvalue weighted by Gasteiger charge is -2.30. The van der Waals surface area contributed by atoms with Gasteiger partial charge in [0, 0.05) is 43.7 Å². The molecular formula is C62H52N2. The maximum Gasteiger partial charge on any atom is 0.0541 e. The number of benzene rings is 9. The van der Waals surface area contributed by atoms with Gasteiger partial charge in [-0.05, 0) is 130 Å². The number of nitrogens with zero attached hydrogens (tertiary/aromatic N) is 2. The van der Waals surface area contributed by atoms with Crippen molar-refractivity contribution in [1.29, 1.82) is 0 Å². The molecule has 0 radical (unpaired) electrons. The predicted octanol–water partition coefficient (Wildman–Crippen LogP) is 16.5. The number of hydrogen-bond acceptors (Lipinski definition) is 0. The molecule has 64 heavy (non-hydrogen) atoms. The van der Waals surface area contributed by atoms with Crippen molar-refractivity contribution in [2.45, 2.75) is 52.4 Å². The molecule has 0 spiro atoms. The molecule has 0 saturated heterocycles. The number of rotatable bonds is 8. The van der Waals surface area contributed by atoms with Gasteiger partial charge in [-0.2, -0.15) is 0 Å². The topological polar surface area (TPSA) is 9.86 Å². The second-order valence-electron chi connectivity index (χ2n) is 18.7. The van der Waals surface area contributed by atoms with E-state index in [0.29, 0.717) is 0 Å². The fourth-order valence-electron chi connectivity index (χ4n) is 10.4. The van der Waals surface area contributed by atoms with Crippen LogP contribution in [0.15, 0.2) is 206 Å². The summed E-state index contributed by atoms with van der Waals surface area (Å²) in [6.07, 6.45) is 0. The molecule has 9 aromatic carbocycles. The Morgan fingerprint density at radius 1 is 0.297 bits per heavy atom. The highest BCUT2D eigenvalue weighted by molar-refractivity contribution is 6.11. The molecule has 0 saturated carbocycles. The van der Waals surface area contributed by atoms with E-state index in [4.69, 9.17) is 0 Å². The largest absolute Gasteiger partial charge is 0.309 e. The van der Waals surface area contributed by atoms with Crippen LogP contribution in [-0.2, 0) is 10.8 Å². The van der Waals surface area contributed by atoms with Crippen molar-refractivity contribution in [3.05, 3.63) is 240 Å². The van der Waals surface area contributed by atoms with Crippen molar-refractivity contribution in [1.82, 2.24) is 9.13 Å². The van der Waals surface area contributed by atoms with Gasteiger partial charge in [0.2, 0.25) is 0 Å². The second kappa shape index (κ2) is 15.1. The van der Waals surface area contributed by atoms with Crippen LogP contribution in [0.2, 0.25) is 0 Å². The Morgan fingerprint density at radius 2 is 0.641 bits per heavy atom. The van der Waals surface area contributed by atoms with E-state index in [9.17, 15) is 0 Å². The van der Waals surface area contributed by atoms with E-state index in [-0.39, 0.29) is 10.8 Å². The third-order valence-electron chi connectivity index (χ3n) is 14.2. The summed E-state index contributed by atoms with van der Waals surface area (Å²) >= 11 is 0. The fraction of sp³-hybridized carbons (Fsp3) is 0.129. The summed E-state index contributed by atoms with van der Waals surface area (Å²) in [4.78, 5) is 0. The molecular weight excluding hydrogens is 773 g/mol. The Morgan fingerprint density at radius 3 is 1.03 bits per heavy atom. The minimum atomic E-state index is -0.175. The molecule has 2 heterocycles. The molecule has 0 fully saturated rings. The Bertz CT molecular complexity index is 3310. The third-order valence-corrected chi connectivity index (χ3v) is 14.2. The first-order valence-electron chi connectivity index (χ1n) is 22.6. The predicted molar refractivity (Wildman–Crippen MR) is 273 cm³/mol. The Labute approximate surface area is 376 Å². The van der Waals surface area contributed by atoms with Gasteiger partial charge < -0.3 is 9.13 Å². The summed E-state index contributed by atoms with van der Waals surface area (Å²) in [5.41, 5.74) is 19.8. The van der Waals surface area contributed by atoms with E-state index < -0.39 is 0 Å². The van der Waals surface area contributed by atoms with E-state index in [1.54, 1.807) is 0 Å². The lowest BCUT2D eigenvalue weighted by atomic mass is 9.74. The third kappa shape index (κ3) is 6.39. The first kappa shape index (κ1) is 39.4. The van der Waals surface area contributed by atoms with Gasteiger partial charge in [-0.1, -0.05) is 173 Å². The SMILES string of the molecule is Cc1cc(C(C)(C)c2ccc(C(C)(C)c3ccc(-c4ccc5c(c4)c4ccccc4n5-c4ccccc4)c(C)c3)cc2)ccc1-c1ccc2c(c1)c1ccccc1n2-c1ccccc1. The summed E-state index contributed by atoms with van der Waals surface area (Å²) in [7, 11) is 0. The summed E-state index contributed by atoms with van der Waals surface area (Å²) in [5.74, 6) is 0. The molecule has 0 bridgehead atoms. The van der Waals surface area contributed by atoms with Crippen LogP contribution in [0.5, 0.6) is 0 Å². The van der Waals surface area contributed by atoms with Crippen molar-refractivity contribution in [3.63, 3.8) is 0 Å². The lowest BCUT2D eigenvalue weighted by Crippen LogP contribution is -2.22. The van der Waals surface area contributed by atoms with Crippen LogP contribution in [0.25, 0.3) is 77.2 Å². The maximum atomic E-state index is 2.40. The van der Waals surface area contributed by atoms with Gasteiger partial charge >= 0.3 is 0 Å². The van der Waals surface area contributed by atoms with Crippen LogP contribution >= 0.6 is 0 Å². The number of aromatic nitrogens is 2. The smallest absolute Gasteiger partial charge is 0.0541 e. The molecule has 0 aliphatic rings. The molecule has 310 valence electrons. The van der Waals surface area contributed by atoms with Gasteiger partial charge in [-0.15, -0.1) is 0 Å². The highest BCUT2D eigenvalue weighted by atomic mass is 15.0. The highest BCUT2D eigenvalue weighted by Gasteiger charge is 2.28. The number of fused-ring (bicyclic) bond motifs is 6. The first-order valence-corrected chi connectivity index (χ1v) is 22.6. The van der Waals surface area contributed by atoms with Crippen LogP contribution in [-0.4, -0.2) is 9.13 Å². The number of aryl methyl sites for hydroxylation is 2. The van der Waals surface area contributed by atoms with Gasteiger partial charge in [0.15, 0.2) is 0 Å². The summed E-state index contributed by atoms with van der Waals surface area (Å²) in [5, 5.41) is 5.10. The summed E-state index contributed by atoms with van der Waals surface area (Å²) in [6, 6.07) is 76.3. The van der Waals surface area contributed by atoms with Crippen LogP contribution in [0.4, 0.5) is 0 Å². The van der Waals surface area contributed by atoms with Gasteiger partial charge in [0.25, 0.3) is 0 Å². The normalized spacial score (nSPS) is 12.2. The lowest BCUT2D eigenvalue weighted by molar-refractivity contribution is 0.626. The van der Waals surface area contributed by atoms with Crippen molar-refractivity contribution in [2.75, 3.05) is 0 Å². The number of para-hydroxylation sites is 4. The monoisotopic (exact) mass is 824 g/mol. The minimum Gasteiger partial charge on any atom is -0.309 e. The van der Waals surface area contributed by atoms with Gasteiger partial charge in [-0.25, -0.2) is 0 Å². The van der Waals surface area contributed by atoms with Crippen LogP contribution in [0.3, 0.4) is 0 Å². The quantitative estimate of drug-likeness (QED) is 0.144. The molecule has 2 heteroatoms. The van der Waals surface area contributed by atoms with Gasteiger partial charge in [0.05, 0.1) is 22.1 Å². The van der Waals surface area contributed by atoms with Crippen LogP contribution in [0, 0.1) is 13.8 Å². The summed E-state index contributed by atoms with van der Waals surface area (Å²) < 4.78 is 4.76. The van der Waals surface area contributed by atoms with Gasteiger partial charge in [-0.3, -0.25) is 0 Å². The standard InChI is InChI=1S/C62H52N2/c1-41-37-47(31-33-51(41)43-25-35-59-55(39-43)53-21-13-15-23-57(53)63(59)49-17-9-7-10-18-49)61(3,4)45-27-29-46(30-28-45)62(5,6)48-32-34-52(42(2)38-48)44-26-36-60-56(40-44)54-22-14-16-24-58(54)64(60)50-19-11-8-12-20-50/h7-40H,1-6H3. The zero-order chi connectivity index (χ0) is 43.7. The number of hydrogen-bond donors (Lipinski definition) is 0. The van der Waals surface area contributed by atoms with Crippen molar-refractivity contribution in [3.8, 4) is 33.6 Å². The second-order valence-corrected chi connectivity index (χ2v) is 18.7. The highest BCUT2D eigenvalue weighted by Crippen LogP contribution is 2.41. The molecule has 0 atom stereocenters. The van der Waals surface area contributed by atoms with Gasteiger partial charge in [0.1, 0.15) is 0 Å². The van der Waals surface area contributed by atoms with E-state index in [2.05, 4.69) is 257 Å². The molecule has 2 aromatic heterocycles. The Balaban J connectivity index is 0.860. The van der Waals surface area contributed by atoms with Crippen LogP contribution < -0.4 is 0 Å². The first-order chi connectivity index (χ1) is 31.1. The fourth-order valence-corrected chi connectivity index (χ4v) is 10.4. The van der Waals surface area contributed by atoms with Crippen molar-refractivity contribution in [2.24, 2.45) is 0 Å².